The highest BCUT2D eigenvalue weighted by Gasteiger charge is 2.15. The molecule has 0 spiro atoms. The fraction of sp³-hybridized carbons (Fsp3) is 0.111. The molecule has 3 heterocycles. The molecule has 4 heteroatoms. The lowest BCUT2D eigenvalue weighted by Gasteiger charge is -2.13. The molecule has 0 saturated carbocycles. The van der Waals surface area contributed by atoms with Gasteiger partial charge in [0.2, 0.25) is 0 Å². The SMILES string of the molecule is Cc1cc(C)nc(-c2cc(-c3cc(C)cc(C)n3)cc(-c3nc(-c4ccccc4)cc(-c4ccccc4)n3)c2)c1. The minimum absolute atomic E-state index is 0.664. The molecule has 0 atom stereocenters. The molecule has 0 amide bonds. The molecule has 3 aromatic carbocycles. The van der Waals surface area contributed by atoms with Crippen molar-refractivity contribution >= 4 is 0 Å². The van der Waals surface area contributed by atoms with Gasteiger partial charge in [0.25, 0.3) is 0 Å². The van der Waals surface area contributed by atoms with Gasteiger partial charge in [-0.15, -0.1) is 0 Å². The van der Waals surface area contributed by atoms with Gasteiger partial charge in [0.1, 0.15) is 0 Å². The fourth-order valence-electron chi connectivity index (χ4n) is 5.12. The zero-order chi connectivity index (χ0) is 27.6. The Hall–Kier alpha value is -4.96. The molecule has 0 radical (unpaired) electrons. The molecule has 0 saturated heterocycles. The number of pyridine rings is 2. The minimum atomic E-state index is 0.664. The Bertz CT molecular complexity index is 1660. The highest BCUT2D eigenvalue weighted by atomic mass is 14.9. The number of nitrogens with zero attached hydrogens (tertiary/aromatic N) is 4. The molecule has 4 nitrogen and oxygen atoms in total. The standard InChI is InChI=1S/C36H30N4/c1-23-15-25(3)37-32(17-23)29-19-30(33-18-24(2)16-26(4)38-33)21-31(20-29)36-39-34(27-11-7-5-8-12-27)22-35(40-36)28-13-9-6-10-14-28/h5-22H,1-4H3. The van der Waals surface area contributed by atoms with Crippen molar-refractivity contribution in [3.63, 3.8) is 0 Å². The van der Waals surface area contributed by atoms with Gasteiger partial charge in [0.05, 0.1) is 22.8 Å². The number of hydrogen-bond donors (Lipinski definition) is 0. The number of aromatic nitrogens is 4. The van der Waals surface area contributed by atoms with Crippen molar-refractivity contribution in [1.29, 1.82) is 0 Å². The van der Waals surface area contributed by atoms with Crippen molar-refractivity contribution in [2.24, 2.45) is 0 Å². The van der Waals surface area contributed by atoms with Gasteiger partial charge in [-0.25, -0.2) is 9.97 Å². The number of rotatable bonds is 5. The van der Waals surface area contributed by atoms with E-state index in [9.17, 15) is 0 Å². The van der Waals surface area contributed by atoms with Crippen LogP contribution in [0.1, 0.15) is 22.5 Å². The molecule has 0 aliphatic heterocycles. The van der Waals surface area contributed by atoms with E-state index in [0.717, 1.165) is 62.0 Å². The second kappa shape index (κ2) is 10.7. The third-order valence-corrected chi connectivity index (χ3v) is 6.84. The summed E-state index contributed by atoms with van der Waals surface area (Å²) in [6, 6.07) is 37.5. The summed E-state index contributed by atoms with van der Waals surface area (Å²) in [6.45, 7) is 8.27. The first kappa shape index (κ1) is 25.3. The van der Waals surface area contributed by atoms with Crippen molar-refractivity contribution < 1.29 is 0 Å². The number of aryl methyl sites for hydroxylation is 4. The summed E-state index contributed by atoms with van der Waals surface area (Å²) in [7, 11) is 0. The molecule has 6 aromatic rings. The van der Waals surface area contributed by atoms with Crippen LogP contribution in [0.15, 0.2) is 109 Å². The van der Waals surface area contributed by atoms with Crippen molar-refractivity contribution in [1.82, 2.24) is 19.9 Å². The van der Waals surface area contributed by atoms with Crippen LogP contribution in [0, 0.1) is 27.7 Å². The first-order chi connectivity index (χ1) is 19.4. The average molecular weight is 519 g/mol. The summed E-state index contributed by atoms with van der Waals surface area (Å²) in [5.41, 5.74) is 13.0. The predicted molar refractivity (Wildman–Crippen MR) is 164 cm³/mol. The Morgan fingerprint density at radius 1 is 0.350 bits per heavy atom. The van der Waals surface area contributed by atoms with Crippen LogP contribution >= 0.6 is 0 Å². The number of benzene rings is 3. The van der Waals surface area contributed by atoms with Gasteiger partial charge in [0, 0.05) is 39.2 Å². The lowest BCUT2D eigenvalue weighted by Crippen LogP contribution is -1.98. The highest BCUT2D eigenvalue weighted by molar-refractivity contribution is 5.79. The first-order valence-corrected chi connectivity index (χ1v) is 13.5. The fourth-order valence-corrected chi connectivity index (χ4v) is 5.12. The van der Waals surface area contributed by atoms with Gasteiger partial charge in [0.15, 0.2) is 5.82 Å². The Morgan fingerprint density at radius 2 is 0.750 bits per heavy atom. The van der Waals surface area contributed by atoms with Gasteiger partial charge in [-0.2, -0.15) is 0 Å². The molecule has 0 N–H and O–H groups in total. The van der Waals surface area contributed by atoms with Crippen molar-refractivity contribution in [2.45, 2.75) is 27.7 Å². The predicted octanol–water partition coefficient (Wildman–Crippen LogP) is 8.84. The summed E-state index contributed by atoms with van der Waals surface area (Å²) < 4.78 is 0. The van der Waals surface area contributed by atoms with Gasteiger partial charge >= 0.3 is 0 Å². The van der Waals surface area contributed by atoms with Crippen LogP contribution in [0.4, 0.5) is 0 Å². The maximum absolute atomic E-state index is 5.09. The van der Waals surface area contributed by atoms with Crippen molar-refractivity contribution in [3.8, 4) is 56.4 Å². The Morgan fingerprint density at radius 3 is 1.18 bits per heavy atom. The zero-order valence-corrected chi connectivity index (χ0v) is 23.2. The van der Waals surface area contributed by atoms with Crippen molar-refractivity contribution in [2.75, 3.05) is 0 Å². The maximum atomic E-state index is 5.09. The summed E-state index contributed by atoms with van der Waals surface area (Å²) in [5, 5.41) is 0. The molecule has 6 rings (SSSR count). The molecular formula is C36H30N4. The van der Waals surface area contributed by atoms with Crippen LogP contribution in [-0.4, -0.2) is 19.9 Å². The second-order valence-corrected chi connectivity index (χ2v) is 10.3. The molecule has 0 bridgehead atoms. The van der Waals surface area contributed by atoms with E-state index in [4.69, 9.17) is 19.9 Å². The van der Waals surface area contributed by atoms with E-state index in [1.807, 2.05) is 50.2 Å². The molecule has 0 aliphatic rings. The van der Waals surface area contributed by atoms with Crippen LogP contribution in [-0.2, 0) is 0 Å². The normalized spacial score (nSPS) is 11.0. The maximum Gasteiger partial charge on any atom is 0.160 e. The molecule has 3 aromatic heterocycles. The molecule has 0 unspecified atom stereocenters. The zero-order valence-electron chi connectivity index (χ0n) is 23.2. The monoisotopic (exact) mass is 518 g/mol. The Labute approximate surface area is 235 Å². The van der Waals surface area contributed by atoms with Gasteiger partial charge in [-0.1, -0.05) is 60.7 Å². The third-order valence-electron chi connectivity index (χ3n) is 6.84. The third kappa shape index (κ3) is 5.43. The first-order valence-electron chi connectivity index (χ1n) is 13.5. The van der Waals surface area contributed by atoms with Crippen LogP contribution in [0.2, 0.25) is 0 Å². The topological polar surface area (TPSA) is 51.6 Å². The van der Waals surface area contributed by atoms with Crippen LogP contribution < -0.4 is 0 Å². The molecule has 194 valence electrons. The van der Waals surface area contributed by atoms with Crippen LogP contribution in [0.5, 0.6) is 0 Å². The molecule has 0 fully saturated rings. The molecule has 40 heavy (non-hydrogen) atoms. The Kier molecular flexibility index (Phi) is 6.75. The molecule has 0 aliphatic carbocycles. The minimum Gasteiger partial charge on any atom is -0.253 e. The van der Waals surface area contributed by atoms with E-state index >= 15 is 0 Å². The van der Waals surface area contributed by atoms with Crippen LogP contribution in [0.25, 0.3) is 56.4 Å². The summed E-state index contributed by atoms with van der Waals surface area (Å²) in [6.07, 6.45) is 0. The quantitative estimate of drug-likeness (QED) is 0.229. The van der Waals surface area contributed by atoms with E-state index in [2.05, 4.69) is 86.6 Å². The van der Waals surface area contributed by atoms with E-state index in [0.29, 0.717) is 5.82 Å². The summed E-state index contributed by atoms with van der Waals surface area (Å²) >= 11 is 0. The van der Waals surface area contributed by atoms with Gasteiger partial charge in [-0.05, 0) is 87.4 Å². The second-order valence-electron chi connectivity index (χ2n) is 10.3. The largest absolute Gasteiger partial charge is 0.253 e. The molecular weight excluding hydrogens is 488 g/mol. The lowest BCUT2D eigenvalue weighted by molar-refractivity contribution is 1.17. The van der Waals surface area contributed by atoms with E-state index in [1.54, 1.807) is 0 Å². The summed E-state index contributed by atoms with van der Waals surface area (Å²) in [5.74, 6) is 0.664. The van der Waals surface area contributed by atoms with E-state index < -0.39 is 0 Å². The Balaban J connectivity index is 1.61. The van der Waals surface area contributed by atoms with Gasteiger partial charge in [-0.3, -0.25) is 9.97 Å². The lowest BCUT2D eigenvalue weighted by atomic mass is 9.98. The number of hydrogen-bond acceptors (Lipinski definition) is 4. The van der Waals surface area contributed by atoms with E-state index in [1.165, 1.54) is 11.1 Å². The highest BCUT2D eigenvalue weighted by Crippen LogP contribution is 2.33. The van der Waals surface area contributed by atoms with Crippen LogP contribution in [0.3, 0.4) is 0 Å². The van der Waals surface area contributed by atoms with E-state index in [-0.39, 0.29) is 0 Å². The smallest absolute Gasteiger partial charge is 0.160 e. The van der Waals surface area contributed by atoms with Gasteiger partial charge < -0.3 is 0 Å². The van der Waals surface area contributed by atoms with Crippen molar-refractivity contribution in [3.05, 3.63) is 132 Å². The average Bonchev–Trinajstić information content (AvgIpc) is 2.96. The summed E-state index contributed by atoms with van der Waals surface area (Å²) in [4.78, 5) is 19.9.